The molecule has 2 N–H and O–H groups in total. The van der Waals surface area contributed by atoms with Crippen molar-refractivity contribution in [2.45, 2.75) is 25.0 Å². The molecule has 0 aliphatic carbocycles. The number of thiophene rings is 1. The van der Waals surface area contributed by atoms with E-state index in [0.717, 1.165) is 26.4 Å². The second-order valence-corrected chi connectivity index (χ2v) is 9.49. The van der Waals surface area contributed by atoms with Crippen molar-refractivity contribution in [1.82, 2.24) is 9.97 Å². The minimum atomic E-state index is -0.541. The topological polar surface area (TPSA) is 93.2 Å². The molecule has 2 aromatic heterocycles. The molecule has 0 bridgehead atoms. The van der Waals surface area contributed by atoms with Crippen LogP contribution in [-0.4, -0.2) is 33.6 Å². The fourth-order valence-corrected chi connectivity index (χ4v) is 5.31. The fraction of sp³-hybridized carbons (Fsp3) is 0.167. The molecule has 3 heterocycles. The molecular formula is C24H20N4O3S2. The van der Waals surface area contributed by atoms with Crippen LogP contribution in [0.3, 0.4) is 0 Å². The zero-order valence-electron chi connectivity index (χ0n) is 17.9. The van der Waals surface area contributed by atoms with Crippen molar-refractivity contribution < 1.29 is 14.3 Å². The van der Waals surface area contributed by atoms with Gasteiger partial charge < -0.3 is 15.4 Å². The number of benzene rings is 2. The molecule has 2 aromatic carbocycles. The van der Waals surface area contributed by atoms with Gasteiger partial charge >= 0.3 is 0 Å². The summed E-state index contributed by atoms with van der Waals surface area (Å²) in [6.07, 6.45) is 0.992. The quantitative estimate of drug-likeness (QED) is 0.307. The van der Waals surface area contributed by atoms with Crippen LogP contribution in [0.5, 0.6) is 5.75 Å². The minimum absolute atomic E-state index is 0.171. The zero-order chi connectivity index (χ0) is 22.9. The molecule has 166 valence electrons. The molecule has 1 aliphatic rings. The van der Waals surface area contributed by atoms with E-state index in [4.69, 9.17) is 4.74 Å². The van der Waals surface area contributed by atoms with Crippen molar-refractivity contribution in [3.8, 4) is 16.9 Å². The van der Waals surface area contributed by atoms with E-state index in [9.17, 15) is 9.59 Å². The average Bonchev–Trinajstić information content (AvgIpc) is 3.24. The van der Waals surface area contributed by atoms with E-state index >= 15 is 0 Å². The van der Waals surface area contributed by atoms with E-state index in [2.05, 4.69) is 57.2 Å². The number of carbonyl (C=O) groups is 2. The highest BCUT2D eigenvalue weighted by Crippen LogP contribution is 2.38. The van der Waals surface area contributed by atoms with Crippen LogP contribution in [0.25, 0.3) is 21.3 Å². The molecule has 33 heavy (non-hydrogen) atoms. The maximum atomic E-state index is 12.6. The van der Waals surface area contributed by atoms with Gasteiger partial charge in [0, 0.05) is 16.6 Å². The molecule has 0 saturated heterocycles. The Kier molecular flexibility index (Phi) is 5.74. The smallest absolute Gasteiger partial charge is 0.265 e. The SMILES string of the molecule is Cc1ccc(-c2csc3ncnc(SCC(=O)Nc4ccc5c(c4)NC(=O)[C@@H](C)O5)c23)cc1. The number of rotatable bonds is 5. The van der Waals surface area contributed by atoms with E-state index in [1.54, 1.807) is 36.5 Å². The van der Waals surface area contributed by atoms with Crippen LogP contribution in [0, 0.1) is 6.92 Å². The summed E-state index contributed by atoms with van der Waals surface area (Å²) in [7, 11) is 0. The maximum absolute atomic E-state index is 12.6. The third-order valence-electron chi connectivity index (χ3n) is 5.23. The molecule has 4 aromatic rings. The predicted octanol–water partition coefficient (Wildman–Crippen LogP) is 5.12. The van der Waals surface area contributed by atoms with Crippen molar-refractivity contribution in [2.24, 2.45) is 0 Å². The van der Waals surface area contributed by atoms with Crippen molar-refractivity contribution >= 4 is 56.5 Å². The van der Waals surface area contributed by atoms with E-state index in [-0.39, 0.29) is 17.6 Å². The molecule has 0 fully saturated rings. The molecule has 7 nitrogen and oxygen atoms in total. The number of anilines is 2. The van der Waals surface area contributed by atoms with Crippen LogP contribution in [0.15, 0.2) is 59.2 Å². The average molecular weight is 477 g/mol. The molecule has 9 heteroatoms. The summed E-state index contributed by atoms with van der Waals surface area (Å²) in [5.74, 6) is 0.385. The highest BCUT2D eigenvalue weighted by atomic mass is 32.2. The molecule has 0 spiro atoms. The summed E-state index contributed by atoms with van der Waals surface area (Å²) >= 11 is 2.94. The van der Waals surface area contributed by atoms with Gasteiger partial charge in [-0.2, -0.15) is 0 Å². The first-order valence-electron chi connectivity index (χ1n) is 10.3. The van der Waals surface area contributed by atoms with Gasteiger partial charge in [-0.15, -0.1) is 11.3 Å². The standard InChI is InChI=1S/C24H20N4O3S2/c1-13-3-5-15(6-4-13)17-10-32-23-21(17)24(26-12-25-23)33-11-20(29)27-16-7-8-19-18(9-16)28-22(30)14(2)31-19/h3-10,12,14H,11H2,1-2H3,(H,27,29)(H,28,30)/t14-/m1/s1. The van der Waals surface area contributed by atoms with Crippen molar-refractivity contribution in [3.05, 3.63) is 59.7 Å². The Morgan fingerprint density at radius 2 is 2.03 bits per heavy atom. The van der Waals surface area contributed by atoms with Gasteiger partial charge in [0.05, 0.1) is 16.8 Å². The van der Waals surface area contributed by atoms with Gasteiger partial charge in [0.25, 0.3) is 5.91 Å². The van der Waals surface area contributed by atoms with Crippen molar-refractivity contribution in [3.63, 3.8) is 0 Å². The van der Waals surface area contributed by atoms with Gasteiger partial charge in [-0.05, 0) is 37.6 Å². The summed E-state index contributed by atoms with van der Waals surface area (Å²) in [5.41, 5.74) is 4.49. The lowest BCUT2D eigenvalue weighted by molar-refractivity contribution is -0.122. The lowest BCUT2D eigenvalue weighted by Gasteiger charge is -2.23. The first-order chi connectivity index (χ1) is 16.0. The number of ether oxygens (including phenoxy) is 1. The largest absolute Gasteiger partial charge is 0.479 e. The first-order valence-corrected chi connectivity index (χ1v) is 12.2. The number of amides is 2. The van der Waals surface area contributed by atoms with E-state index in [1.165, 1.54) is 23.7 Å². The molecular weight excluding hydrogens is 456 g/mol. The number of fused-ring (bicyclic) bond motifs is 2. The van der Waals surface area contributed by atoms with Crippen LogP contribution in [0.4, 0.5) is 11.4 Å². The second kappa shape index (κ2) is 8.84. The van der Waals surface area contributed by atoms with Gasteiger partial charge in [-0.25, -0.2) is 9.97 Å². The van der Waals surface area contributed by atoms with E-state index < -0.39 is 6.10 Å². The van der Waals surface area contributed by atoms with Gasteiger partial charge in [-0.3, -0.25) is 9.59 Å². The van der Waals surface area contributed by atoms with Crippen LogP contribution in [0.1, 0.15) is 12.5 Å². The molecule has 0 unspecified atom stereocenters. The van der Waals surface area contributed by atoms with Gasteiger partial charge in [0.1, 0.15) is 21.9 Å². The summed E-state index contributed by atoms with van der Waals surface area (Å²) in [5, 5.41) is 9.48. The highest BCUT2D eigenvalue weighted by molar-refractivity contribution is 8.00. The van der Waals surface area contributed by atoms with E-state index in [1.807, 2.05) is 0 Å². The van der Waals surface area contributed by atoms with Crippen molar-refractivity contribution in [2.75, 3.05) is 16.4 Å². The summed E-state index contributed by atoms with van der Waals surface area (Å²) in [6, 6.07) is 13.5. The van der Waals surface area contributed by atoms with Gasteiger partial charge in [0.2, 0.25) is 5.91 Å². The normalized spacial score (nSPS) is 15.0. The van der Waals surface area contributed by atoms with Crippen LogP contribution in [0.2, 0.25) is 0 Å². The summed E-state index contributed by atoms with van der Waals surface area (Å²) in [6.45, 7) is 3.75. The number of aromatic nitrogens is 2. The zero-order valence-corrected chi connectivity index (χ0v) is 19.5. The van der Waals surface area contributed by atoms with Gasteiger partial charge in [0.15, 0.2) is 6.10 Å². The lowest BCUT2D eigenvalue weighted by atomic mass is 10.1. The van der Waals surface area contributed by atoms with Crippen LogP contribution >= 0.6 is 23.1 Å². The fourth-order valence-electron chi connectivity index (χ4n) is 3.52. The Balaban J connectivity index is 1.32. The maximum Gasteiger partial charge on any atom is 0.265 e. The molecule has 1 atom stereocenters. The van der Waals surface area contributed by atoms with Crippen LogP contribution in [-0.2, 0) is 9.59 Å². The molecule has 5 rings (SSSR count). The van der Waals surface area contributed by atoms with Crippen molar-refractivity contribution in [1.29, 1.82) is 0 Å². The number of nitrogens with one attached hydrogen (secondary N) is 2. The Bertz CT molecular complexity index is 1370. The Labute approximate surface area is 198 Å². The summed E-state index contributed by atoms with van der Waals surface area (Å²) in [4.78, 5) is 34.2. The van der Waals surface area contributed by atoms with Gasteiger partial charge in [-0.1, -0.05) is 41.6 Å². The highest BCUT2D eigenvalue weighted by Gasteiger charge is 2.23. The second-order valence-electron chi connectivity index (χ2n) is 7.67. The lowest BCUT2D eigenvalue weighted by Crippen LogP contribution is -2.34. The third-order valence-corrected chi connectivity index (χ3v) is 7.11. The van der Waals surface area contributed by atoms with Crippen LogP contribution < -0.4 is 15.4 Å². The number of thioether (sulfide) groups is 1. The molecule has 0 radical (unpaired) electrons. The monoisotopic (exact) mass is 476 g/mol. The Morgan fingerprint density at radius 3 is 2.85 bits per heavy atom. The third kappa shape index (κ3) is 4.42. The number of hydrogen-bond donors (Lipinski definition) is 2. The summed E-state index contributed by atoms with van der Waals surface area (Å²) < 4.78 is 5.55. The number of hydrogen-bond acceptors (Lipinski definition) is 7. The Hall–Kier alpha value is -3.43. The van der Waals surface area contributed by atoms with E-state index in [0.29, 0.717) is 17.1 Å². The first kappa shape index (κ1) is 21.4. The predicted molar refractivity (Wildman–Crippen MR) is 132 cm³/mol. The minimum Gasteiger partial charge on any atom is -0.479 e. The Morgan fingerprint density at radius 1 is 1.21 bits per heavy atom. The number of carbonyl (C=O) groups excluding carboxylic acids is 2. The number of aryl methyl sites for hydroxylation is 1. The molecule has 0 saturated carbocycles. The molecule has 2 amide bonds. The molecule has 1 aliphatic heterocycles. The number of nitrogens with zero attached hydrogens (tertiary/aromatic N) is 2.